The quantitative estimate of drug-likeness (QED) is 0.859. The number of anilines is 1. The summed E-state index contributed by atoms with van der Waals surface area (Å²) in [6, 6.07) is 7.09. The van der Waals surface area contributed by atoms with E-state index in [-0.39, 0.29) is 6.54 Å². The standard InChI is InChI=1S/C14H18N2O5S/c1-10(22(2,19)20)13(17)15-9-11-4-3-5-12(8-11)16-6-7-21-14(16)18/h3-5,8,10H,6-7,9H2,1-2H3,(H,15,17). The minimum atomic E-state index is -3.42. The van der Waals surface area contributed by atoms with Crippen LogP contribution in [0, 0.1) is 0 Å². The van der Waals surface area contributed by atoms with Crippen LogP contribution in [0.3, 0.4) is 0 Å². The first-order valence-electron chi connectivity index (χ1n) is 6.79. The molecule has 1 fully saturated rings. The summed E-state index contributed by atoms with van der Waals surface area (Å²) in [4.78, 5) is 24.8. The normalized spacial score (nSPS) is 16.3. The molecule has 0 spiro atoms. The van der Waals surface area contributed by atoms with Crippen molar-refractivity contribution in [2.24, 2.45) is 0 Å². The lowest BCUT2D eigenvalue weighted by molar-refractivity contribution is -0.120. The second-order valence-electron chi connectivity index (χ2n) is 5.13. The molecule has 0 radical (unpaired) electrons. The van der Waals surface area contributed by atoms with Crippen molar-refractivity contribution in [3.05, 3.63) is 29.8 Å². The maximum atomic E-state index is 11.8. The zero-order valence-electron chi connectivity index (χ0n) is 12.4. The Kier molecular flexibility index (Phi) is 4.70. The summed E-state index contributed by atoms with van der Waals surface area (Å²) >= 11 is 0. The zero-order valence-corrected chi connectivity index (χ0v) is 13.2. The van der Waals surface area contributed by atoms with E-state index in [1.54, 1.807) is 24.3 Å². The molecule has 2 rings (SSSR count). The van der Waals surface area contributed by atoms with Gasteiger partial charge < -0.3 is 10.1 Å². The molecule has 8 heteroatoms. The SMILES string of the molecule is CC(C(=O)NCc1cccc(N2CCOC2=O)c1)S(C)(=O)=O. The summed E-state index contributed by atoms with van der Waals surface area (Å²) in [5, 5.41) is 1.49. The molecule has 0 bridgehead atoms. The lowest BCUT2D eigenvalue weighted by Gasteiger charge is -2.15. The van der Waals surface area contributed by atoms with Gasteiger partial charge in [-0.2, -0.15) is 0 Å². The Labute approximate surface area is 129 Å². The molecule has 120 valence electrons. The van der Waals surface area contributed by atoms with Crippen LogP contribution >= 0.6 is 0 Å². The van der Waals surface area contributed by atoms with Crippen molar-refractivity contribution in [2.75, 3.05) is 24.3 Å². The van der Waals surface area contributed by atoms with Crippen molar-refractivity contribution in [3.8, 4) is 0 Å². The molecule has 1 heterocycles. The lowest BCUT2D eigenvalue weighted by atomic mass is 10.2. The van der Waals surface area contributed by atoms with Gasteiger partial charge in [0.25, 0.3) is 0 Å². The van der Waals surface area contributed by atoms with Crippen LogP contribution in [0.1, 0.15) is 12.5 Å². The summed E-state index contributed by atoms with van der Waals surface area (Å²) in [5.41, 5.74) is 1.46. The third-order valence-corrected chi connectivity index (χ3v) is 4.96. The smallest absolute Gasteiger partial charge is 0.414 e. The van der Waals surface area contributed by atoms with E-state index in [0.717, 1.165) is 11.8 Å². The predicted octanol–water partition coefficient (Wildman–Crippen LogP) is 0.693. The first-order valence-corrected chi connectivity index (χ1v) is 8.74. The number of hydrogen-bond acceptors (Lipinski definition) is 5. The molecule has 0 aromatic heterocycles. The van der Waals surface area contributed by atoms with Crippen molar-refractivity contribution in [1.82, 2.24) is 5.32 Å². The van der Waals surface area contributed by atoms with Crippen LogP contribution in [-0.2, 0) is 25.9 Å². The molecule has 1 saturated heterocycles. The molecule has 22 heavy (non-hydrogen) atoms. The number of nitrogens with zero attached hydrogens (tertiary/aromatic N) is 1. The van der Waals surface area contributed by atoms with Gasteiger partial charge in [-0.3, -0.25) is 9.69 Å². The third-order valence-electron chi connectivity index (χ3n) is 3.46. The molecule has 2 amide bonds. The summed E-state index contributed by atoms with van der Waals surface area (Å²) in [7, 11) is -3.42. The average Bonchev–Trinajstić information content (AvgIpc) is 2.89. The number of hydrogen-bond donors (Lipinski definition) is 1. The molecular weight excluding hydrogens is 308 g/mol. The second kappa shape index (κ2) is 6.35. The number of benzene rings is 1. The van der Waals surface area contributed by atoms with Gasteiger partial charge in [-0.15, -0.1) is 0 Å². The molecule has 1 unspecified atom stereocenters. The maximum Gasteiger partial charge on any atom is 0.414 e. The number of amides is 2. The molecule has 7 nitrogen and oxygen atoms in total. The van der Waals surface area contributed by atoms with E-state index in [0.29, 0.717) is 18.8 Å². The van der Waals surface area contributed by atoms with Crippen LogP contribution in [0.4, 0.5) is 10.5 Å². The molecule has 1 N–H and O–H groups in total. The molecule has 1 atom stereocenters. The summed E-state index contributed by atoms with van der Waals surface area (Å²) in [5.74, 6) is -0.548. The van der Waals surface area contributed by atoms with Crippen molar-refractivity contribution in [2.45, 2.75) is 18.7 Å². The van der Waals surface area contributed by atoms with Gasteiger partial charge in [-0.1, -0.05) is 12.1 Å². The third kappa shape index (κ3) is 3.76. The van der Waals surface area contributed by atoms with E-state index in [1.807, 2.05) is 0 Å². The summed E-state index contributed by atoms with van der Waals surface area (Å²) in [6.45, 7) is 2.38. The molecular formula is C14H18N2O5S. The van der Waals surface area contributed by atoms with Crippen molar-refractivity contribution >= 4 is 27.5 Å². The molecule has 0 saturated carbocycles. The number of rotatable bonds is 5. The Balaban J connectivity index is 2.02. The van der Waals surface area contributed by atoms with Crippen molar-refractivity contribution < 1.29 is 22.7 Å². The van der Waals surface area contributed by atoms with E-state index in [2.05, 4.69) is 5.32 Å². The Morgan fingerprint density at radius 2 is 2.18 bits per heavy atom. The largest absolute Gasteiger partial charge is 0.447 e. The number of cyclic esters (lactones) is 1. The predicted molar refractivity (Wildman–Crippen MR) is 81.3 cm³/mol. The van der Waals surface area contributed by atoms with Crippen LogP contribution < -0.4 is 10.2 Å². The van der Waals surface area contributed by atoms with Gasteiger partial charge in [-0.25, -0.2) is 13.2 Å². The highest BCUT2D eigenvalue weighted by atomic mass is 32.2. The van der Waals surface area contributed by atoms with Crippen LogP contribution in [0.5, 0.6) is 0 Å². The van der Waals surface area contributed by atoms with E-state index in [9.17, 15) is 18.0 Å². The molecule has 0 aliphatic carbocycles. The molecule has 1 aliphatic heterocycles. The van der Waals surface area contributed by atoms with Gasteiger partial charge >= 0.3 is 6.09 Å². The van der Waals surface area contributed by atoms with Gasteiger partial charge in [0.15, 0.2) is 9.84 Å². The topological polar surface area (TPSA) is 92.8 Å². The van der Waals surface area contributed by atoms with Crippen LogP contribution in [0.2, 0.25) is 0 Å². The Bertz CT molecular complexity index is 686. The summed E-state index contributed by atoms with van der Waals surface area (Å²) < 4.78 is 27.5. The fraction of sp³-hybridized carbons (Fsp3) is 0.429. The number of ether oxygens (including phenoxy) is 1. The van der Waals surface area contributed by atoms with E-state index < -0.39 is 27.1 Å². The fourth-order valence-corrected chi connectivity index (χ4v) is 2.46. The van der Waals surface area contributed by atoms with Gasteiger partial charge in [0, 0.05) is 18.5 Å². The van der Waals surface area contributed by atoms with E-state index in [1.165, 1.54) is 11.8 Å². The lowest BCUT2D eigenvalue weighted by Crippen LogP contribution is -2.37. The average molecular weight is 326 g/mol. The second-order valence-corrected chi connectivity index (χ2v) is 7.49. The Morgan fingerprint density at radius 3 is 2.77 bits per heavy atom. The minimum Gasteiger partial charge on any atom is -0.447 e. The van der Waals surface area contributed by atoms with Gasteiger partial charge in [0.2, 0.25) is 5.91 Å². The van der Waals surface area contributed by atoms with Crippen molar-refractivity contribution in [3.63, 3.8) is 0 Å². The van der Waals surface area contributed by atoms with E-state index >= 15 is 0 Å². The highest BCUT2D eigenvalue weighted by molar-refractivity contribution is 7.92. The van der Waals surface area contributed by atoms with E-state index in [4.69, 9.17) is 4.74 Å². The van der Waals surface area contributed by atoms with Gasteiger partial charge in [0.1, 0.15) is 11.9 Å². The summed E-state index contributed by atoms with van der Waals surface area (Å²) in [6.07, 6.45) is 0.628. The highest BCUT2D eigenvalue weighted by Crippen LogP contribution is 2.19. The monoisotopic (exact) mass is 326 g/mol. The zero-order chi connectivity index (χ0) is 16.3. The number of carbonyl (C=O) groups excluding carboxylic acids is 2. The first-order chi connectivity index (χ1) is 10.3. The minimum absolute atomic E-state index is 0.190. The van der Waals surface area contributed by atoms with Gasteiger partial charge in [-0.05, 0) is 24.6 Å². The highest BCUT2D eigenvalue weighted by Gasteiger charge is 2.24. The molecule has 1 aliphatic rings. The van der Waals surface area contributed by atoms with Crippen LogP contribution in [-0.4, -0.2) is 45.1 Å². The maximum absolute atomic E-state index is 11.8. The van der Waals surface area contributed by atoms with Crippen LogP contribution in [0.15, 0.2) is 24.3 Å². The van der Waals surface area contributed by atoms with Crippen molar-refractivity contribution in [1.29, 1.82) is 0 Å². The molecule has 1 aromatic rings. The number of carbonyl (C=O) groups is 2. The Hall–Kier alpha value is -2.09. The Morgan fingerprint density at radius 1 is 1.45 bits per heavy atom. The first kappa shape index (κ1) is 16.3. The van der Waals surface area contributed by atoms with Gasteiger partial charge in [0.05, 0.1) is 6.54 Å². The number of nitrogens with one attached hydrogen (secondary N) is 1. The fourth-order valence-electron chi connectivity index (χ4n) is 1.99. The van der Waals surface area contributed by atoms with Crippen LogP contribution in [0.25, 0.3) is 0 Å². The number of sulfone groups is 1. The molecule has 1 aromatic carbocycles.